The first-order valence-corrected chi connectivity index (χ1v) is 5.29. The summed E-state index contributed by atoms with van der Waals surface area (Å²) in [6, 6.07) is 7.90. The Kier molecular flexibility index (Phi) is 4.58. The van der Waals surface area contributed by atoms with Crippen molar-refractivity contribution in [1.29, 1.82) is 0 Å². The van der Waals surface area contributed by atoms with Crippen LogP contribution in [-0.4, -0.2) is 19.1 Å². The Labute approximate surface area is 96.1 Å². The summed E-state index contributed by atoms with van der Waals surface area (Å²) in [5.74, 6) is -0.344. The summed E-state index contributed by atoms with van der Waals surface area (Å²) in [5.41, 5.74) is 2.58. The second-order valence-corrected chi connectivity index (χ2v) is 3.49. The number of aryl methyl sites for hydroxylation is 1. The number of carbonyl (C=O) groups is 1. The number of carbonyl (C=O) groups excluding carboxylic acids is 1. The lowest BCUT2D eigenvalue weighted by Crippen LogP contribution is -2.15. The molecule has 1 aromatic carbocycles. The van der Waals surface area contributed by atoms with E-state index in [-0.39, 0.29) is 5.97 Å². The molecule has 1 rings (SSSR count). The molecular formula is C13H17NO2. The standard InChI is InChI=1S/C13H17NO2/c1-4-16-13(15)11(3)9-14-12-8-6-5-7-10(12)2/h5-8,14H,3-4,9H2,1-2H3. The second kappa shape index (κ2) is 5.95. The van der Waals surface area contributed by atoms with E-state index in [0.717, 1.165) is 11.3 Å². The van der Waals surface area contributed by atoms with Crippen LogP contribution in [0.25, 0.3) is 0 Å². The molecule has 1 aromatic rings. The fourth-order valence-electron chi connectivity index (χ4n) is 1.28. The molecule has 1 N–H and O–H groups in total. The van der Waals surface area contributed by atoms with Gasteiger partial charge in [0.05, 0.1) is 6.61 Å². The van der Waals surface area contributed by atoms with Crippen molar-refractivity contribution in [2.75, 3.05) is 18.5 Å². The number of nitrogens with one attached hydrogen (secondary N) is 1. The topological polar surface area (TPSA) is 38.3 Å². The number of hydrogen-bond donors (Lipinski definition) is 1. The van der Waals surface area contributed by atoms with E-state index in [1.165, 1.54) is 0 Å². The van der Waals surface area contributed by atoms with Crippen LogP contribution in [0, 0.1) is 6.92 Å². The number of rotatable bonds is 5. The molecule has 0 amide bonds. The smallest absolute Gasteiger partial charge is 0.335 e. The van der Waals surface area contributed by atoms with E-state index in [1.54, 1.807) is 6.92 Å². The van der Waals surface area contributed by atoms with E-state index in [2.05, 4.69) is 11.9 Å². The molecule has 3 nitrogen and oxygen atoms in total. The maximum Gasteiger partial charge on any atom is 0.335 e. The zero-order valence-corrected chi connectivity index (χ0v) is 9.75. The van der Waals surface area contributed by atoms with Gasteiger partial charge >= 0.3 is 5.97 Å². The van der Waals surface area contributed by atoms with Crippen molar-refractivity contribution in [3.8, 4) is 0 Å². The molecule has 0 aliphatic heterocycles. The third kappa shape index (κ3) is 3.42. The van der Waals surface area contributed by atoms with Crippen LogP contribution in [0.3, 0.4) is 0 Å². The van der Waals surface area contributed by atoms with Crippen LogP contribution in [0.4, 0.5) is 5.69 Å². The minimum absolute atomic E-state index is 0.344. The number of anilines is 1. The normalized spacial score (nSPS) is 9.62. The third-order valence-electron chi connectivity index (χ3n) is 2.20. The first-order chi connectivity index (χ1) is 7.65. The van der Waals surface area contributed by atoms with Crippen molar-refractivity contribution >= 4 is 11.7 Å². The van der Waals surface area contributed by atoms with Gasteiger partial charge in [-0.15, -0.1) is 0 Å². The summed E-state index contributed by atoms with van der Waals surface area (Å²) < 4.78 is 4.84. The first kappa shape index (κ1) is 12.3. The van der Waals surface area contributed by atoms with E-state index in [1.807, 2.05) is 31.2 Å². The molecule has 0 saturated heterocycles. The molecule has 0 aliphatic rings. The molecule has 0 aliphatic carbocycles. The Balaban J connectivity index is 2.49. The molecule has 16 heavy (non-hydrogen) atoms. The van der Waals surface area contributed by atoms with Gasteiger partial charge in [-0.3, -0.25) is 0 Å². The summed E-state index contributed by atoms with van der Waals surface area (Å²) in [5, 5.41) is 3.15. The zero-order chi connectivity index (χ0) is 12.0. The Hall–Kier alpha value is -1.77. The van der Waals surface area contributed by atoms with Crippen molar-refractivity contribution in [2.24, 2.45) is 0 Å². The molecule has 3 heteroatoms. The van der Waals surface area contributed by atoms with Gasteiger partial charge in [-0.25, -0.2) is 4.79 Å². The number of para-hydroxylation sites is 1. The summed E-state index contributed by atoms with van der Waals surface area (Å²) in [6.07, 6.45) is 0. The Bertz CT molecular complexity index is 385. The lowest BCUT2D eigenvalue weighted by atomic mass is 10.2. The van der Waals surface area contributed by atoms with Crippen LogP contribution in [0.2, 0.25) is 0 Å². The molecule has 0 heterocycles. The van der Waals surface area contributed by atoms with Crippen LogP contribution in [-0.2, 0) is 9.53 Å². The van der Waals surface area contributed by atoms with Gasteiger partial charge in [0.25, 0.3) is 0 Å². The summed E-state index contributed by atoms with van der Waals surface area (Å²) >= 11 is 0. The van der Waals surface area contributed by atoms with Crippen LogP contribution in [0.1, 0.15) is 12.5 Å². The van der Waals surface area contributed by atoms with Crippen LogP contribution in [0.5, 0.6) is 0 Å². The molecule has 0 unspecified atom stereocenters. The van der Waals surface area contributed by atoms with Crippen molar-refractivity contribution in [2.45, 2.75) is 13.8 Å². The second-order valence-electron chi connectivity index (χ2n) is 3.49. The van der Waals surface area contributed by atoms with Crippen LogP contribution in [0.15, 0.2) is 36.4 Å². The number of hydrogen-bond acceptors (Lipinski definition) is 3. The third-order valence-corrected chi connectivity index (χ3v) is 2.20. The lowest BCUT2D eigenvalue weighted by molar-refractivity contribution is -0.138. The SMILES string of the molecule is C=C(CNc1ccccc1C)C(=O)OCC. The molecule has 0 bridgehead atoms. The van der Waals surface area contributed by atoms with Crippen molar-refractivity contribution < 1.29 is 9.53 Å². The van der Waals surface area contributed by atoms with Gasteiger partial charge < -0.3 is 10.1 Å². The highest BCUT2D eigenvalue weighted by Crippen LogP contribution is 2.13. The molecule has 86 valence electrons. The molecule has 0 radical (unpaired) electrons. The van der Waals surface area contributed by atoms with Crippen molar-refractivity contribution in [3.63, 3.8) is 0 Å². The lowest BCUT2D eigenvalue weighted by Gasteiger charge is -2.10. The van der Waals surface area contributed by atoms with Crippen molar-refractivity contribution in [3.05, 3.63) is 42.0 Å². The van der Waals surface area contributed by atoms with Gasteiger partial charge in [0.1, 0.15) is 0 Å². The molecule has 0 fully saturated rings. The zero-order valence-electron chi connectivity index (χ0n) is 9.75. The predicted molar refractivity (Wildman–Crippen MR) is 65.4 cm³/mol. The van der Waals surface area contributed by atoms with Crippen molar-refractivity contribution in [1.82, 2.24) is 0 Å². The Morgan fingerprint density at radius 1 is 1.44 bits per heavy atom. The largest absolute Gasteiger partial charge is 0.463 e. The molecule has 0 aromatic heterocycles. The van der Waals surface area contributed by atoms with Gasteiger partial charge in [-0.05, 0) is 25.5 Å². The van der Waals surface area contributed by atoms with E-state index >= 15 is 0 Å². The van der Waals surface area contributed by atoms with Gasteiger partial charge in [-0.1, -0.05) is 24.8 Å². The minimum Gasteiger partial charge on any atom is -0.463 e. The fourth-order valence-corrected chi connectivity index (χ4v) is 1.28. The van der Waals surface area contributed by atoms with E-state index in [4.69, 9.17) is 4.74 Å². The first-order valence-electron chi connectivity index (χ1n) is 5.29. The monoisotopic (exact) mass is 219 g/mol. The quantitative estimate of drug-likeness (QED) is 0.611. The van der Waals surface area contributed by atoms with E-state index in [0.29, 0.717) is 18.7 Å². The number of esters is 1. The summed E-state index contributed by atoms with van der Waals surface area (Å²) in [4.78, 5) is 11.3. The maximum absolute atomic E-state index is 11.3. The highest BCUT2D eigenvalue weighted by Gasteiger charge is 2.07. The van der Waals surface area contributed by atoms with Gasteiger partial charge in [0.15, 0.2) is 0 Å². The van der Waals surface area contributed by atoms with Gasteiger partial charge in [0.2, 0.25) is 0 Å². The summed E-state index contributed by atoms with van der Waals surface area (Å²) in [6.45, 7) is 8.25. The maximum atomic E-state index is 11.3. The molecular weight excluding hydrogens is 202 g/mol. The molecule has 0 spiro atoms. The summed E-state index contributed by atoms with van der Waals surface area (Å²) in [7, 11) is 0. The Morgan fingerprint density at radius 3 is 2.75 bits per heavy atom. The average Bonchev–Trinajstić information content (AvgIpc) is 2.28. The molecule has 0 saturated carbocycles. The average molecular weight is 219 g/mol. The number of ether oxygens (including phenoxy) is 1. The molecule has 0 atom stereocenters. The fraction of sp³-hybridized carbons (Fsp3) is 0.308. The van der Waals surface area contributed by atoms with Crippen LogP contribution >= 0.6 is 0 Å². The highest BCUT2D eigenvalue weighted by atomic mass is 16.5. The van der Waals surface area contributed by atoms with E-state index < -0.39 is 0 Å². The van der Waals surface area contributed by atoms with Gasteiger partial charge in [-0.2, -0.15) is 0 Å². The van der Waals surface area contributed by atoms with Crippen LogP contribution < -0.4 is 5.32 Å². The number of benzene rings is 1. The predicted octanol–water partition coefficient (Wildman–Crippen LogP) is 2.53. The van der Waals surface area contributed by atoms with Gasteiger partial charge in [0, 0.05) is 17.8 Å². The minimum atomic E-state index is -0.344. The highest BCUT2D eigenvalue weighted by molar-refractivity contribution is 5.88. The van der Waals surface area contributed by atoms with E-state index in [9.17, 15) is 4.79 Å². The Morgan fingerprint density at radius 2 is 2.12 bits per heavy atom.